The fourth-order valence-electron chi connectivity index (χ4n) is 1.63. The first-order chi connectivity index (χ1) is 8.58. The van der Waals surface area contributed by atoms with Crippen molar-refractivity contribution in [2.75, 3.05) is 0 Å². The summed E-state index contributed by atoms with van der Waals surface area (Å²) in [4.78, 5) is 1.28. The van der Waals surface area contributed by atoms with Gasteiger partial charge in [0, 0.05) is 21.9 Å². The van der Waals surface area contributed by atoms with Crippen LogP contribution in [-0.2, 0) is 0 Å². The molecule has 0 aliphatic heterocycles. The van der Waals surface area contributed by atoms with Gasteiger partial charge >= 0.3 is 0 Å². The SMILES string of the molecule is CC(N)c1ccccc1Sc1ccc(F)cc1F. The lowest BCUT2D eigenvalue weighted by atomic mass is 10.1. The van der Waals surface area contributed by atoms with E-state index < -0.39 is 11.6 Å². The Kier molecular flexibility index (Phi) is 3.99. The van der Waals surface area contributed by atoms with Crippen LogP contribution >= 0.6 is 11.8 Å². The topological polar surface area (TPSA) is 26.0 Å². The summed E-state index contributed by atoms with van der Waals surface area (Å²) in [5.74, 6) is -1.13. The van der Waals surface area contributed by atoms with Crippen LogP contribution in [0.3, 0.4) is 0 Å². The number of hydrogen-bond donors (Lipinski definition) is 1. The second-order valence-electron chi connectivity index (χ2n) is 4.00. The molecule has 2 aromatic carbocycles. The molecule has 0 saturated heterocycles. The zero-order chi connectivity index (χ0) is 13.1. The van der Waals surface area contributed by atoms with E-state index >= 15 is 0 Å². The predicted octanol–water partition coefficient (Wildman–Crippen LogP) is 4.14. The fraction of sp³-hybridized carbons (Fsp3) is 0.143. The number of nitrogens with two attached hydrogens (primary N) is 1. The third-order valence-electron chi connectivity index (χ3n) is 2.52. The Morgan fingerprint density at radius 1 is 1.06 bits per heavy atom. The molecule has 1 unspecified atom stereocenters. The molecule has 0 aromatic heterocycles. The normalized spacial score (nSPS) is 12.4. The van der Waals surface area contributed by atoms with E-state index in [1.165, 1.54) is 23.9 Å². The molecule has 2 aromatic rings. The zero-order valence-corrected chi connectivity index (χ0v) is 10.7. The molecule has 0 saturated carbocycles. The molecule has 0 radical (unpaired) electrons. The van der Waals surface area contributed by atoms with Gasteiger partial charge in [0.15, 0.2) is 0 Å². The summed E-state index contributed by atoms with van der Waals surface area (Å²) in [7, 11) is 0. The Morgan fingerprint density at radius 2 is 1.78 bits per heavy atom. The van der Waals surface area contributed by atoms with Gasteiger partial charge in [-0.05, 0) is 30.7 Å². The highest BCUT2D eigenvalue weighted by molar-refractivity contribution is 7.99. The van der Waals surface area contributed by atoms with Crippen LogP contribution in [-0.4, -0.2) is 0 Å². The van der Waals surface area contributed by atoms with Gasteiger partial charge in [0.1, 0.15) is 11.6 Å². The predicted molar refractivity (Wildman–Crippen MR) is 69.5 cm³/mol. The highest BCUT2D eigenvalue weighted by atomic mass is 32.2. The van der Waals surface area contributed by atoms with Crippen molar-refractivity contribution < 1.29 is 8.78 Å². The molecule has 0 aliphatic rings. The van der Waals surface area contributed by atoms with Gasteiger partial charge in [0.25, 0.3) is 0 Å². The molecule has 0 spiro atoms. The molecular weight excluding hydrogens is 252 g/mol. The molecule has 2 rings (SSSR count). The van der Waals surface area contributed by atoms with Gasteiger partial charge in [0.05, 0.1) is 0 Å². The van der Waals surface area contributed by atoms with Gasteiger partial charge in [-0.3, -0.25) is 0 Å². The molecule has 4 heteroatoms. The summed E-state index contributed by atoms with van der Waals surface area (Å²) in [5, 5.41) is 0. The second-order valence-corrected chi connectivity index (χ2v) is 5.09. The minimum absolute atomic E-state index is 0.128. The van der Waals surface area contributed by atoms with E-state index in [4.69, 9.17) is 5.73 Å². The highest BCUT2D eigenvalue weighted by Crippen LogP contribution is 2.34. The van der Waals surface area contributed by atoms with Crippen molar-refractivity contribution in [3.8, 4) is 0 Å². The Bertz CT molecular complexity index is 555. The number of hydrogen-bond acceptors (Lipinski definition) is 2. The minimum Gasteiger partial charge on any atom is -0.324 e. The van der Waals surface area contributed by atoms with Crippen LogP contribution in [0.2, 0.25) is 0 Å². The van der Waals surface area contributed by atoms with E-state index in [0.29, 0.717) is 4.90 Å². The summed E-state index contributed by atoms with van der Waals surface area (Å²) < 4.78 is 26.4. The van der Waals surface area contributed by atoms with Crippen LogP contribution in [0.15, 0.2) is 52.3 Å². The molecule has 0 fully saturated rings. The monoisotopic (exact) mass is 265 g/mol. The van der Waals surface area contributed by atoms with Crippen LogP contribution in [0, 0.1) is 11.6 Å². The maximum atomic E-state index is 13.6. The van der Waals surface area contributed by atoms with Crippen molar-refractivity contribution in [1.29, 1.82) is 0 Å². The van der Waals surface area contributed by atoms with Gasteiger partial charge in [-0.25, -0.2) is 8.78 Å². The van der Waals surface area contributed by atoms with Crippen molar-refractivity contribution in [2.45, 2.75) is 22.8 Å². The lowest BCUT2D eigenvalue weighted by molar-refractivity contribution is 0.565. The first kappa shape index (κ1) is 13.1. The summed E-state index contributed by atoms with van der Waals surface area (Å²) in [6, 6.07) is 11.0. The molecule has 18 heavy (non-hydrogen) atoms. The minimum atomic E-state index is -0.572. The maximum Gasteiger partial charge on any atom is 0.140 e. The van der Waals surface area contributed by atoms with Crippen molar-refractivity contribution in [2.24, 2.45) is 5.73 Å². The second kappa shape index (κ2) is 5.50. The van der Waals surface area contributed by atoms with E-state index in [2.05, 4.69) is 0 Å². The smallest absolute Gasteiger partial charge is 0.140 e. The molecule has 94 valence electrons. The number of benzene rings is 2. The first-order valence-electron chi connectivity index (χ1n) is 5.55. The quantitative estimate of drug-likeness (QED) is 0.902. The van der Waals surface area contributed by atoms with E-state index in [-0.39, 0.29) is 6.04 Å². The number of halogens is 2. The standard InChI is InChI=1S/C14H13F2NS/c1-9(17)11-4-2-3-5-13(11)18-14-7-6-10(15)8-12(14)16/h2-9H,17H2,1H3. The zero-order valence-electron chi connectivity index (χ0n) is 9.86. The van der Waals surface area contributed by atoms with Gasteiger partial charge in [0.2, 0.25) is 0 Å². The Hall–Kier alpha value is -1.39. The molecular formula is C14H13F2NS. The van der Waals surface area contributed by atoms with Crippen molar-refractivity contribution in [3.05, 3.63) is 59.7 Å². The lowest BCUT2D eigenvalue weighted by Gasteiger charge is -2.12. The van der Waals surface area contributed by atoms with Gasteiger partial charge < -0.3 is 5.73 Å². The summed E-state index contributed by atoms with van der Waals surface area (Å²) in [5.41, 5.74) is 6.81. The molecule has 0 heterocycles. The van der Waals surface area contributed by atoms with Crippen LogP contribution in [0.1, 0.15) is 18.5 Å². The van der Waals surface area contributed by atoms with E-state index in [9.17, 15) is 8.78 Å². The highest BCUT2D eigenvalue weighted by Gasteiger charge is 2.10. The largest absolute Gasteiger partial charge is 0.324 e. The molecule has 1 atom stereocenters. The van der Waals surface area contributed by atoms with E-state index in [1.807, 2.05) is 31.2 Å². The Balaban J connectivity index is 2.34. The van der Waals surface area contributed by atoms with E-state index in [1.54, 1.807) is 0 Å². The number of rotatable bonds is 3. The molecule has 0 aliphatic carbocycles. The molecule has 0 bridgehead atoms. The third kappa shape index (κ3) is 2.89. The van der Waals surface area contributed by atoms with Crippen molar-refractivity contribution >= 4 is 11.8 Å². The first-order valence-corrected chi connectivity index (χ1v) is 6.37. The van der Waals surface area contributed by atoms with Gasteiger partial charge in [-0.2, -0.15) is 0 Å². The fourth-order valence-corrected chi connectivity index (χ4v) is 2.67. The van der Waals surface area contributed by atoms with E-state index in [0.717, 1.165) is 16.5 Å². The van der Waals surface area contributed by atoms with Gasteiger partial charge in [-0.1, -0.05) is 30.0 Å². The third-order valence-corrected chi connectivity index (χ3v) is 3.67. The van der Waals surface area contributed by atoms with Crippen LogP contribution in [0.5, 0.6) is 0 Å². The lowest BCUT2D eigenvalue weighted by Crippen LogP contribution is -2.06. The summed E-state index contributed by atoms with van der Waals surface area (Å²) in [6.45, 7) is 1.88. The summed E-state index contributed by atoms with van der Waals surface area (Å²) in [6.07, 6.45) is 0. The van der Waals surface area contributed by atoms with Crippen LogP contribution < -0.4 is 5.73 Å². The Morgan fingerprint density at radius 3 is 2.44 bits per heavy atom. The van der Waals surface area contributed by atoms with Crippen molar-refractivity contribution in [3.63, 3.8) is 0 Å². The summed E-state index contributed by atoms with van der Waals surface area (Å²) >= 11 is 1.26. The van der Waals surface area contributed by atoms with Crippen molar-refractivity contribution in [1.82, 2.24) is 0 Å². The van der Waals surface area contributed by atoms with Crippen LogP contribution in [0.4, 0.5) is 8.78 Å². The molecule has 2 N–H and O–H groups in total. The molecule has 0 amide bonds. The molecule has 1 nitrogen and oxygen atoms in total. The average molecular weight is 265 g/mol. The maximum absolute atomic E-state index is 13.6. The average Bonchev–Trinajstić information content (AvgIpc) is 2.33. The van der Waals surface area contributed by atoms with Crippen LogP contribution in [0.25, 0.3) is 0 Å². The van der Waals surface area contributed by atoms with Gasteiger partial charge in [-0.15, -0.1) is 0 Å². The Labute approximate surface area is 109 Å².